The van der Waals surface area contributed by atoms with E-state index in [2.05, 4.69) is 4.98 Å². The minimum absolute atomic E-state index is 0.267. The van der Waals surface area contributed by atoms with Crippen LogP contribution in [-0.4, -0.2) is 35.2 Å². The molecule has 28 heavy (non-hydrogen) atoms. The van der Waals surface area contributed by atoms with Crippen molar-refractivity contribution in [2.75, 3.05) is 6.61 Å². The summed E-state index contributed by atoms with van der Waals surface area (Å²) < 4.78 is 32.7. The molecule has 2 aliphatic heterocycles. The lowest BCUT2D eigenvalue weighted by Crippen LogP contribution is -2.09. The van der Waals surface area contributed by atoms with Gasteiger partial charge in [-0.15, -0.1) is 0 Å². The first-order valence-corrected chi connectivity index (χ1v) is 11.2. The van der Waals surface area contributed by atoms with Crippen LogP contribution in [0.2, 0.25) is 0 Å². The van der Waals surface area contributed by atoms with Crippen molar-refractivity contribution in [2.24, 2.45) is 5.92 Å². The Morgan fingerprint density at radius 1 is 1.11 bits per heavy atom. The summed E-state index contributed by atoms with van der Waals surface area (Å²) in [5.74, 6) is 1.69. The maximum absolute atomic E-state index is 12.8. The van der Waals surface area contributed by atoms with Gasteiger partial charge in [-0.2, -0.15) is 4.73 Å². The summed E-state index contributed by atoms with van der Waals surface area (Å²) in [5, 5.41) is 10.00. The van der Waals surface area contributed by atoms with Gasteiger partial charge in [0.05, 0.1) is 22.4 Å². The predicted molar refractivity (Wildman–Crippen MR) is 105 cm³/mol. The predicted octanol–water partition coefficient (Wildman–Crippen LogP) is 3.93. The topological polar surface area (TPSA) is 81.4 Å². The third kappa shape index (κ3) is 2.94. The number of rotatable bonds is 6. The second kappa shape index (κ2) is 6.24. The molecule has 1 aromatic carbocycles. The third-order valence-corrected chi connectivity index (χ3v) is 7.82. The van der Waals surface area contributed by atoms with E-state index in [4.69, 9.17) is 4.74 Å². The van der Waals surface area contributed by atoms with Gasteiger partial charge >= 0.3 is 0 Å². The first-order valence-electron chi connectivity index (χ1n) is 9.62. The SMILES string of the molecule is Cc1cc(-c2cc(S(=O)(=O)C3CC3)ccc2OCC2CC2)c2ccnc-2n1O. The molecule has 0 radical (unpaired) electrons. The first-order chi connectivity index (χ1) is 13.4. The van der Waals surface area contributed by atoms with Crippen LogP contribution >= 0.6 is 0 Å². The summed E-state index contributed by atoms with van der Waals surface area (Å²) in [7, 11) is -3.32. The molecule has 2 fully saturated rings. The molecule has 0 atom stereocenters. The molecule has 6 nitrogen and oxygen atoms in total. The van der Waals surface area contributed by atoms with Crippen LogP contribution in [0.5, 0.6) is 5.75 Å². The van der Waals surface area contributed by atoms with Crippen LogP contribution in [0.3, 0.4) is 0 Å². The molecule has 0 bridgehead atoms. The van der Waals surface area contributed by atoms with Crippen LogP contribution in [-0.2, 0) is 9.84 Å². The van der Waals surface area contributed by atoms with Gasteiger partial charge in [0.1, 0.15) is 5.75 Å². The van der Waals surface area contributed by atoms with Crippen molar-refractivity contribution in [1.82, 2.24) is 9.71 Å². The van der Waals surface area contributed by atoms with Crippen LogP contribution in [0.4, 0.5) is 0 Å². The van der Waals surface area contributed by atoms with Crippen LogP contribution < -0.4 is 4.74 Å². The minimum atomic E-state index is -3.32. The molecular formula is C21H22N2O4S. The van der Waals surface area contributed by atoms with E-state index in [1.54, 1.807) is 31.3 Å². The van der Waals surface area contributed by atoms with E-state index >= 15 is 0 Å². The fraction of sp³-hybridized carbons (Fsp3) is 0.381. The summed E-state index contributed by atoms with van der Waals surface area (Å²) in [6.45, 7) is 2.42. The van der Waals surface area contributed by atoms with Crippen LogP contribution in [0.25, 0.3) is 22.5 Å². The normalized spacial score (nSPS) is 17.2. The maximum Gasteiger partial charge on any atom is 0.181 e. The van der Waals surface area contributed by atoms with Gasteiger partial charge in [0.15, 0.2) is 15.7 Å². The second-order valence-electron chi connectivity index (χ2n) is 7.85. The smallest absolute Gasteiger partial charge is 0.181 e. The largest absolute Gasteiger partial charge is 0.493 e. The zero-order valence-electron chi connectivity index (χ0n) is 15.6. The van der Waals surface area contributed by atoms with Gasteiger partial charge in [0.25, 0.3) is 0 Å². The molecule has 7 heteroatoms. The average Bonchev–Trinajstić information content (AvgIpc) is 3.61. The number of fused-ring (bicyclic) bond motifs is 1. The van der Waals surface area contributed by atoms with Crippen molar-refractivity contribution in [3.63, 3.8) is 0 Å². The zero-order valence-corrected chi connectivity index (χ0v) is 16.4. The lowest BCUT2D eigenvalue weighted by molar-refractivity contribution is 0.180. The van der Waals surface area contributed by atoms with E-state index < -0.39 is 9.84 Å². The fourth-order valence-electron chi connectivity index (χ4n) is 3.53. The molecule has 4 aliphatic rings. The molecule has 0 saturated heterocycles. The van der Waals surface area contributed by atoms with Gasteiger partial charge in [0, 0.05) is 17.3 Å². The Labute approximate surface area is 164 Å². The van der Waals surface area contributed by atoms with Crippen LogP contribution in [0.1, 0.15) is 31.4 Å². The summed E-state index contributed by atoms with van der Waals surface area (Å²) >= 11 is 0. The van der Waals surface area contributed by atoms with Gasteiger partial charge in [-0.25, -0.2) is 13.4 Å². The van der Waals surface area contributed by atoms with Crippen molar-refractivity contribution in [1.29, 1.82) is 0 Å². The first kappa shape index (κ1) is 17.6. The van der Waals surface area contributed by atoms with Gasteiger partial charge in [0.2, 0.25) is 0 Å². The Kier molecular flexibility index (Phi) is 3.91. The Hall–Kier alpha value is -2.54. The van der Waals surface area contributed by atoms with Gasteiger partial charge in [-0.05, 0) is 74.4 Å². The molecule has 1 N–H and O–H groups in total. The Morgan fingerprint density at radius 3 is 2.61 bits per heavy atom. The van der Waals surface area contributed by atoms with Gasteiger partial charge in [-0.3, -0.25) is 0 Å². The number of pyridine rings is 1. The van der Waals surface area contributed by atoms with Gasteiger partial charge < -0.3 is 9.94 Å². The highest BCUT2D eigenvalue weighted by atomic mass is 32.2. The number of aromatic nitrogens is 2. The lowest BCUT2D eigenvalue weighted by Gasteiger charge is -2.18. The molecule has 2 aliphatic carbocycles. The quantitative estimate of drug-likeness (QED) is 0.637. The fourth-order valence-corrected chi connectivity index (χ4v) is 5.21. The van der Waals surface area contributed by atoms with Crippen LogP contribution in [0, 0.1) is 12.8 Å². The highest BCUT2D eigenvalue weighted by molar-refractivity contribution is 7.92. The monoisotopic (exact) mass is 398 g/mol. The third-order valence-electron chi connectivity index (χ3n) is 5.56. The summed E-state index contributed by atoms with van der Waals surface area (Å²) in [4.78, 5) is 4.57. The molecular weight excluding hydrogens is 376 g/mol. The number of hydrogen-bond acceptors (Lipinski definition) is 5. The molecule has 146 valence electrons. The average molecular weight is 398 g/mol. The summed E-state index contributed by atoms with van der Waals surface area (Å²) in [5.41, 5.74) is 2.91. The summed E-state index contributed by atoms with van der Waals surface area (Å²) in [6, 6.07) is 8.81. The molecule has 1 aromatic rings. The molecule has 5 rings (SSSR count). The summed E-state index contributed by atoms with van der Waals surface area (Å²) in [6.07, 6.45) is 5.44. The number of aryl methyl sites for hydroxylation is 1. The highest BCUT2D eigenvalue weighted by Gasteiger charge is 2.37. The molecule has 2 saturated carbocycles. The van der Waals surface area contributed by atoms with Crippen molar-refractivity contribution in [3.05, 3.63) is 42.2 Å². The number of benzene rings is 1. The van der Waals surface area contributed by atoms with Gasteiger partial charge in [-0.1, -0.05) is 0 Å². The number of ether oxygens (including phenoxy) is 1. The number of hydrogen-bond donors (Lipinski definition) is 1. The van der Waals surface area contributed by atoms with E-state index in [-0.39, 0.29) is 5.25 Å². The molecule has 0 aromatic heterocycles. The maximum atomic E-state index is 12.8. The Morgan fingerprint density at radius 2 is 1.89 bits per heavy atom. The standard InChI is InChI=1S/C21H22N2O4S/c1-13-10-18(17-8-9-22-21(17)23(13)24)19-11-16(28(25,26)15-4-5-15)6-7-20(19)27-12-14-2-3-14/h6-11,14-15,24H,2-5,12H2,1H3. The number of nitrogens with zero attached hydrogens (tertiary/aromatic N) is 2. The van der Waals surface area contributed by atoms with Crippen molar-refractivity contribution >= 4 is 9.84 Å². The highest BCUT2D eigenvalue weighted by Crippen LogP contribution is 2.42. The Balaban J connectivity index is 1.67. The van der Waals surface area contributed by atoms with Crippen molar-refractivity contribution < 1.29 is 18.4 Å². The lowest BCUT2D eigenvalue weighted by atomic mass is 9.99. The zero-order chi connectivity index (χ0) is 19.5. The van der Waals surface area contributed by atoms with E-state index in [9.17, 15) is 13.6 Å². The van der Waals surface area contributed by atoms with Crippen LogP contribution in [0.15, 0.2) is 41.4 Å². The molecule has 0 unspecified atom stereocenters. The van der Waals surface area contributed by atoms with Crippen molar-refractivity contribution in [2.45, 2.75) is 42.8 Å². The van der Waals surface area contributed by atoms with E-state index in [0.717, 1.165) is 34.3 Å². The Bertz CT molecular complexity index is 1130. The van der Waals surface area contributed by atoms with E-state index in [0.29, 0.717) is 34.7 Å². The molecule has 0 spiro atoms. The van der Waals surface area contributed by atoms with E-state index in [1.165, 1.54) is 12.8 Å². The molecule has 2 heterocycles. The minimum Gasteiger partial charge on any atom is -0.493 e. The van der Waals surface area contributed by atoms with E-state index in [1.807, 2.05) is 12.1 Å². The number of sulfone groups is 1. The van der Waals surface area contributed by atoms with Crippen molar-refractivity contribution in [3.8, 4) is 28.3 Å². The molecule has 0 amide bonds. The second-order valence-corrected chi connectivity index (χ2v) is 10.1.